The molecule has 0 atom stereocenters. The van der Waals surface area contributed by atoms with Gasteiger partial charge in [0, 0.05) is 21.7 Å². The average Bonchev–Trinajstić information content (AvgIpc) is 2.65. The molecule has 2 rings (SSSR count). The van der Waals surface area contributed by atoms with Crippen LogP contribution in [0.2, 0.25) is 10.0 Å². The molecule has 2 aromatic rings. The van der Waals surface area contributed by atoms with Crippen LogP contribution in [0.5, 0.6) is 17.2 Å². The molecule has 0 unspecified atom stereocenters. The number of benzene rings is 2. The highest BCUT2D eigenvalue weighted by Crippen LogP contribution is 2.35. The highest BCUT2D eigenvalue weighted by atomic mass is 35.5. The Hall–Kier alpha value is -1.76. The van der Waals surface area contributed by atoms with Crippen LogP contribution in [0.3, 0.4) is 0 Å². The van der Waals surface area contributed by atoms with Crippen molar-refractivity contribution in [2.24, 2.45) is 0 Å². The van der Waals surface area contributed by atoms with E-state index >= 15 is 0 Å². The van der Waals surface area contributed by atoms with Crippen LogP contribution < -0.4 is 14.2 Å². The van der Waals surface area contributed by atoms with Crippen molar-refractivity contribution in [3.05, 3.63) is 45.9 Å². The molecule has 0 heterocycles. The summed E-state index contributed by atoms with van der Waals surface area (Å²) in [5.41, 5.74) is 0.892. The number of rotatable bonds is 9. The summed E-state index contributed by atoms with van der Waals surface area (Å²) in [6, 6.07) is 8.83. The van der Waals surface area contributed by atoms with Crippen LogP contribution in [0.15, 0.2) is 35.2 Å². The second-order valence-corrected chi connectivity index (χ2v) is 7.39. The summed E-state index contributed by atoms with van der Waals surface area (Å²) in [7, 11) is 2.90. The number of methoxy groups -OCH3 is 2. The number of aryl methyl sites for hydroxylation is 1. The van der Waals surface area contributed by atoms with Gasteiger partial charge in [-0.25, -0.2) is 4.79 Å². The Morgan fingerprint density at radius 3 is 2.48 bits per heavy atom. The van der Waals surface area contributed by atoms with Gasteiger partial charge in [0.05, 0.1) is 25.8 Å². The molecule has 8 heteroatoms. The fourth-order valence-corrected chi connectivity index (χ4v) is 3.56. The first kappa shape index (κ1) is 21.5. The minimum absolute atomic E-state index is 0.150. The summed E-state index contributed by atoms with van der Waals surface area (Å²) in [4.78, 5) is 12.2. The lowest BCUT2D eigenvalue weighted by molar-refractivity contribution is -0.142. The Morgan fingerprint density at radius 1 is 1.04 bits per heavy atom. The highest BCUT2D eigenvalue weighted by molar-refractivity contribution is 7.99. The van der Waals surface area contributed by atoms with Crippen molar-refractivity contribution in [2.75, 3.05) is 33.2 Å². The maximum absolute atomic E-state index is 11.2. The molecule has 0 aliphatic heterocycles. The van der Waals surface area contributed by atoms with Crippen molar-refractivity contribution in [3.63, 3.8) is 0 Å². The van der Waals surface area contributed by atoms with Crippen LogP contribution in [0.4, 0.5) is 0 Å². The fraction of sp³-hybridized carbons (Fsp3) is 0.316. The van der Waals surface area contributed by atoms with Crippen molar-refractivity contribution in [2.45, 2.75) is 11.8 Å². The van der Waals surface area contributed by atoms with Gasteiger partial charge in [-0.15, -0.1) is 11.8 Å². The molecule has 0 N–H and O–H groups in total. The lowest BCUT2D eigenvalue weighted by atomic mass is 10.2. The van der Waals surface area contributed by atoms with Crippen LogP contribution in [0, 0.1) is 6.92 Å². The van der Waals surface area contributed by atoms with Crippen LogP contribution in [-0.4, -0.2) is 39.2 Å². The Balaban J connectivity index is 1.95. The monoisotopic (exact) mass is 430 g/mol. The van der Waals surface area contributed by atoms with Gasteiger partial charge < -0.3 is 18.9 Å². The summed E-state index contributed by atoms with van der Waals surface area (Å²) in [5, 5.41) is 1.05. The molecule has 0 aliphatic carbocycles. The van der Waals surface area contributed by atoms with E-state index in [4.69, 9.17) is 37.4 Å². The molecule has 0 aliphatic rings. The summed E-state index contributed by atoms with van der Waals surface area (Å²) in [5.74, 6) is 2.08. The Labute approximate surface area is 172 Å². The van der Waals surface area contributed by atoms with Gasteiger partial charge in [-0.2, -0.15) is 0 Å². The van der Waals surface area contributed by atoms with E-state index in [0.29, 0.717) is 39.7 Å². The van der Waals surface area contributed by atoms with E-state index in [9.17, 15) is 4.79 Å². The van der Waals surface area contributed by atoms with E-state index < -0.39 is 5.97 Å². The van der Waals surface area contributed by atoms with Crippen molar-refractivity contribution in [1.29, 1.82) is 0 Å². The van der Waals surface area contributed by atoms with Gasteiger partial charge in [0.25, 0.3) is 0 Å². The molecule has 0 saturated heterocycles. The molecule has 0 bridgehead atoms. The molecule has 5 nitrogen and oxygen atoms in total. The summed E-state index contributed by atoms with van der Waals surface area (Å²) in [6.45, 7) is 2.22. The first-order valence-corrected chi connectivity index (χ1v) is 9.77. The lowest BCUT2D eigenvalue weighted by Crippen LogP contribution is -2.13. The van der Waals surface area contributed by atoms with Crippen molar-refractivity contribution in [3.8, 4) is 17.2 Å². The summed E-state index contributed by atoms with van der Waals surface area (Å²) in [6.07, 6.45) is 0. The van der Waals surface area contributed by atoms with Crippen molar-refractivity contribution >= 4 is 40.9 Å². The van der Waals surface area contributed by atoms with Crippen LogP contribution in [0.25, 0.3) is 0 Å². The molecule has 0 aromatic heterocycles. The molecule has 0 spiro atoms. The van der Waals surface area contributed by atoms with Gasteiger partial charge in [0.15, 0.2) is 6.61 Å². The maximum Gasteiger partial charge on any atom is 0.343 e. The quantitative estimate of drug-likeness (QED) is 0.315. The number of halogens is 2. The first-order valence-electron chi connectivity index (χ1n) is 8.03. The number of carbonyl (C=O) groups excluding carboxylic acids is 1. The van der Waals surface area contributed by atoms with E-state index in [1.165, 1.54) is 7.11 Å². The lowest BCUT2D eigenvalue weighted by Gasteiger charge is -2.14. The zero-order valence-corrected chi connectivity index (χ0v) is 17.5. The largest absolute Gasteiger partial charge is 0.495 e. The zero-order valence-electron chi connectivity index (χ0n) is 15.2. The normalized spacial score (nSPS) is 10.4. The van der Waals surface area contributed by atoms with Crippen molar-refractivity contribution in [1.82, 2.24) is 0 Å². The van der Waals surface area contributed by atoms with Gasteiger partial charge in [-0.3, -0.25) is 0 Å². The Morgan fingerprint density at radius 2 is 1.81 bits per heavy atom. The molecular weight excluding hydrogens is 411 g/mol. The SMILES string of the molecule is COC(=O)COc1cc(OC)c(SCCOc2ccc(Cl)cc2Cl)cc1C. The molecule has 0 saturated carbocycles. The first-order chi connectivity index (χ1) is 12.9. The topological polar surface area (TPSA) is 54.0 Å². The van der Waals surface area contributed by atoms with Gasteiger partial charge in [0.1, 0.15) is 17.2 Å². The van der Waals surface area contributed by atoms with E-state index in [1.807, 2.05) is 13.0 Å². The third kappa shape index (κ3) is 6.41. The minimum atomic E-state index is -0.440. The summed E-state index contributed by atoms with van der Waals surface area (Å²) < 4.78 is 21.2. The third-order valence-electron chi connectivity index (χ3n) is 3.53. The molecule has 0 radical (unpaired) electrons. The Bertz CT molecular complexity index is 798. The van der Waals surface area contributed by atoms with Crippen molar-refractivity contribution < 1.29 is 23.7 Å². The van der Waals surface area contributed by atoms with Crippen LogP contribution in [0.1, 0.15) is 5.56 Å². The molecular formula is C19H20Cl2O5S. The second kappa shape index (κ2) is 10.5. The predicted molar refractivity (Wildman–Crippen MR) is 108 cm³/mol. The van der Waals surface area contributed by atoms with E-state index in [1.54, 1.807) is 43.1 Å². The fourth-order valence-electron chi connectivity index (χ4n) is 2.16. The summed E-state index contributed by atoms with van der Waals surface area (Å²) >= 11 is 13.5. The Kier molecular flexibility index (Phi) is 8.41. The molecule has 0 fully saturated rings. The third-order valence-corrected chi connectivity index (χ3v) is 5.06. The zero-order chi connectivity index (χ0) is 19.8. The van der Waals surface area contributed by atoms with Gasteiger partial charge in [-0.1, -0.05) is 23.2 Å². The number of hydrogen-bond acceptors (Lipinski definition) is 6. The van der Waals surface area contributed by atoms with Crippen LogP contribution >= 0.6 is 35.0 Å². The number of thioether (sulfide) groups is 1. The van der Waals surface area contributed by atoms with E-state index in [0.717, 1.165) is 10.5 Å². The number of hydrogen-bond donors (Lipinski definition) is 0. The highest BCUT2D eigenvalue weighted by Gasteiger charge is 2.12. The molecule has 0 amide bonds. The molecule has 2 aromatic carbocycles. The van der Waals surface area contributed by atoms with E-state index in [-0.39, 0.29) is 6.61 Å². The van der Waals surface area contributed by atoms with Gasteiger partial charge in [0.2, 0.25) is 0 Å². The van der Waals surface area contributed by atoms with E-state index in [2.05, 4.69) is 4.74 Å². The maximum atomic E-state index is 11.2. The molecule has 146 valence electrons. The molecule has 27 heavy (non-hydrogen) atoms. The number of esters is 1. The van der Waals surface area contributed by atoms with Gasteiger partial charge in [-0.05, 0) is 36.8 Å². The number of carbonyl (C=O) groups is 1. The number of ether oxygens (including phenoxy) is 4. The second-order valence-electron chi connectivity index (χ2n) is 5.41. The smallest absolute Gasteiger partial charge is 0.343 e. The average molecular weight is 431 g/mol. The standard InChI is InChI=1S/C19H20Cl2O5S/c1-12-8-18(17(23-2)10-16(12)26-11-19(22)24-3)27-7-6-25-15-5-4-13(20)9-14(15)21/h4-5,8-10H,6-7,11H2,1-3H3. The minimum Gasteiger partial charge on any atom is -0.495 e. The van der Waals surface area contributed by atoms with Gasteiger partial charge >= 0.3 is 5.97 Å². The van der Waals surface area contributed by atoms with Crippen LogP contribution in [-0.2, 0) is 9.53 Å². The predicted octanol–water partition coefficient (Wildman–Crippen LogP) is 5.03.